The van der Waals surface area contributed by atoms with E-state index in [1.165, 1.54) is 18.9 Å². The average Bonchev–Trinajstić information content (AvgIpc) is 3.38. The van der Waals surface area contributed by atoms with Gasteiger partial charge in [0, 0.05) is 24.7 Å². The Morgan fingerprint density at radius 3 is 2.57 bits per heavy atom. The first-order valence-electron chi connectivity index (χ1n) is 7.92. The van der Waals surface area contributed by atoms with E-state index in [1.807, 2.05) is 11.0 Å². The second-order valence-electron chi connectivity index (χ2n) is 6.94. The number of halogens is 1. The minimum atomic E-state index is -0.608. The molecule has 4 heteroatoms. The molecule has 112 valence electrons. The van der Waals surface area contributed by atoms with Gasteiger partial charge in [0.25, 0.3) is 0 Å². The number of nitrogens with two attached hydrogens (primary N) is 1. The smallest absolute Gasteiger partial charge is 0.233 e. The summed E-state index contributed by atoms with van der Waals surface area (Å²) in [6, 6.07) is 6.79. The van der Waals surface area contributed by atoms with E-state index in [1.54, 1.807) is 12.1 Å². The van der Waals surface area contributed by atoms with Crippen molar-refractivity contribution in [1.82, 2.24) is 4.90 Å². The van der Waals surface area contributed by atoms with Crippen molar-refractivity contribution in [3.8, 4) is 0 Å². The van der Waals surface area contributed by atoms with Gasteiger partial charge in [0.15, 0.2) is 0 Å². The number of benzene rings is 1. The van der Waals surface area contributed by atoms with Crippen LogP contribution in [-0.4, -0.2) is 29.9 Å². The van der Waals surface area contributed by atoms with E-state index in [4.69, 9.17) is 5.73 Å². The van der Waals surface area contributed by atoms with Crippen LogP contribution in [0.5, 0.6) is 0 Å². The number of hydrogen-bond donors (Lipinski definition) is 1. The zero-order valence-electron chi connectivity index (χ0n) is 12.1. The summed E-state index contributed by atoms with van der Waals surface area (Å²) < 4.78 is 14.1. The van der Waals surface area contributed by atoms with Crippen LogP contribution in [0, 0.1) is 17.7 Å². The van der Waals surface area contributed by atoms with Gasteiger partial charge in [-0.2, -0.15) is 0 Å². The van der Waals surface area contributed by atoms with Crippen LogP contribution in [-0.2, 0) is 10.2 Å². The molecule has 3 fully saturated rings. The number of carbonyl (C=O) groups is 1. The van der Waals surface area contributed by atoms with Gasteiger partial charge in [0.05, 0.1) is 5.41 Å². The highest BCUT2D eigenvalue weighted by Crippen LogP contribution is 2.51. The molecule has 0 unspecified atom stereocenters. The molecule has 2 aliphatic carbocycles. The second-order valence-corrected chi connectivity index (χ2v) is 6.94. The molecule has 1 aromatic rings. The van der Waals surface area contributed by atoms with Crippen LogP contribution >= 0.6 is 0 Å². The van der Waals surface area contributed by atoms with E-state index in [0.717, 1.165) is 19.4 Å². The molecule has 2 atom stereocenters. The highest BCUT2D eigenvalue weighted by molar-refractivity contribution is 5.91. The van der Waals surface area contributed by atoms with Crippen LogP contribution in [0.1, 0.15) is 31.2 Å². The average molecular weight is 288 g/mol. The Morgan fingerprint density at radius 1 is 1.24 bits per heavy atom. The number of rotatable bonds is 3. The Morgan fingerprint density at radius 2 is 1.95 bits per heavy atom. The summed E-state index contributed by atoms with van der Waals surface area (Å²) in [5.74, 6) is 0.989. The first-order chi connectivity index (χ1) is 10.1. The minimum Gasteiger partial charge on any atom is -0.340 e. The lowest BCUT2D eigenvalue weighted by Gasteiger charge is -2.24. The van der Waals surface area contributed by atoms with Crippen molar-refractivity contribution in [2.75, 3.05) is 13.1 Å². The van der Waals surface area contributed by atoms with E-state index >= 15 is 0 Å². The first-order valence-corrected chi connectivity index (χ1v) is 7.92. The quantitative estimate of drug-likeness (QED) is 0.925. The van der Waals surface area contributed by atoms with E-state index in [0.29, 0.717) is 23.9 Å². The molecular formula is C17H21FN2O. The molecule has 1 heterocycles. The Kier molecular flexibility index (Phi) is 2.86. The van der Waals surface area contributed by atoms with Crippen LogP contribution in [0.4, 0.5) is 4.39 Å². The third-order valence-electron chi connectivity index (χ3n) is 5.48. The maximum absolute atomic E-state index is 14.1. The highest BCUT2D eigenvalue weighted by atomic mass is 19.1. The molecule has 0 spiro atoms. The maximum atomic E-state index is 14.1. The van der Waals surface area contributed by atoms with E-state index in [2.05, 4.69) is 0 Å². The molecule has 0 radical (unpaired) electrons. The van der Waals surface area contributed by atoms with Crippen molar-refractivity contribution in [3.05, 3.63) is 35.6 Å². The van der Waals surface area contributed by atoms with E-state index in [9.17, 15) is 9.18 Å². The summed E-state index contributed by atoms with van der Waals surface area (Å²) in [5.41, 5.74) is 6.17. The largest absolute Gasteiger partial charge is 0.340 e. The van der Waals surface area contributed by atoms with Crippen LogP contribution in [0.2, 0.25) is 0 Å². The molecule has 0 aromatic heterocycles. The topological polar surface area (TPSA) is 46.3 Å². The lowest BCUT2D eigenvalue weighted by Crippen LogP contribution is -2.39. The van der Waals surface area contributed by atoms with Crippen molar-refractivity contribution in [1.29, 1.82) is 0 Å². The summed E-state index contributed by atoms with van der Waals surface area (Å²) >= 11 is 0. The van der Waals surface area contributed by atoms with Gasteiger partial charge in [-0.25, -0.2) is 4.39 Å². The number of hydrogen-bond acceptors (Lipinski definition) is 2. The van der Waals surface area contributed by atoms with Crippen LogP contribution in [0.3, 0.4) is 0 Å². The minimum absolute atomic E-state index is 0.0891. The standard InChI is InChI=1S/C17H21FN2O/c18-14-4-2-1-3-13(14)17(7-8-17)16(21)20-9-12(11-5-6-11)15(19)10-20/h1-4,11-12,15H,5-10,19H2/t12-,15+/m0/s1. The SMILES string of the molecule is N[C@@H]1CN(C(=O)C2(c3ccccc3F)CC2)C[C@H]1C1CC1. The van der Waals surface area contributed by atoms with Crippen molar-refractivity contribution in [2.24, 2.45) is 17.6 Å². The molecule has 2 saturated carbocycles. The van der Waals surface area contributed by atoms with Crippen LogP contribution < -0.4 is 5.73 Å². The summed E-state index contributed by atoms with van der Waals surface area (Å²) in [6.45, 7) is 1.40. The summed E-state index contributed by atoms with van der Waals surface area (Å²) in [7, 11) is 0. The lowest BCUT2D eigenvalue weighted by atomic mass is 9.93. The zero-order chi connectivity index (χ0) is 14.6. The van der Waals surface area contributed by atoms with Gasteiger partial charge in [-0.15, -0.1) is 0 Å². The van der Waals surface area contributed by atoms with Crippen molar-refractivity contribution < 1.29 is 9.18 Å². The second kappa shape index (κ2) is 4.54. The third-order valence-corrected chi connectivity index (χ3v) is 5.48. The third kappa shape index (κ3) is 2.08. The molecular weight excluding hydrogens is 267 g/mol. The highest BCUT2D eigenvalue weighted by Gasteiger charge is 2.56. The van der Waals surface area contributed by atoms with Gasteiger partial charge >= 0.3 is 0 Å². The van der Waals surface area contributed by atoms with E-state index in [-0.39, 0.29) is 17.8 Å². The fourth-order valence-corrected chi connectivity index (χ4v) is 3.92. The molecule has 1 saturated heterocycles. The van der Waals surface area contributed by atoms with Gasteiger partial charge in [-0.1, -0.05) is 18.2 Å². The molecule has 0 bridgehead atoms. The normalized spacial score (nSPS) is 30.5. The molecule has 2 N–H and O–H groups in total. The zero-order valence-corrected chi connectivity index (χ0v) is 12.1. The number of likely N-dealkylation sites (tertiary alicyclic amines) is 1. The first kappa shape index (κ1) is 13.3. The fourth-order valence-electron chi connectivity index (χ4n) is 3.92. The Bertz CT molecular complexity index is 580. The van der Waals surface area contributed by atoms with Gasteiger partial charge < -0.3 is 10.6 Å². The predicted molar refractivity (Wildman–Crippen MR) is 78.1 cm³/mol. The van der Waals surface area contributed by atoms with Crippen LogP contribution in [0.25, 0.3) is 0 Å². The van der Waals surface area contributed by atoms with Crippen LogP contribution in [0.15, 0.2) is 24.3 Å². The number of carbonyl (C=O) groups excluding carboxylic acids is 1. The molecule has 4 rings (SSSR count). The van der Waals surface area contributed by atoms with Gasteiger partial charge in [-0.3, -0.25) is 4.79 Å². The molecule has 1 aliphatic heterocycles. The molecule has 21 heavy (non-hydrogen) atoms. The summed E-state index contributed by atoms with van der Waals surface area (Å²) in [4.78, 5) is 14.8. The maximum Gasteiger partial charge on any atom is 0.233 e. The molecule has 3 aliphatic rings. The Hall–Kier alpha value is -1.42. The lowest BCUT2D eigenvalue weighted by molar-refractivity contribution is -0.133. The molecule has 3 nitrogen and oxygen atoms in total. The predicted octanol–water partition coefficient (Wildman–Crippen LogP) is 2.05. The monoisotopic (exact) mass is 288 g/mol. The van der Waals surface area contributed by atoms with E-state index < -0.39 is 5.41 Å². The van der Waals surface area contributed by atoms with Crippen molar-refractivity contribution in [3.63, 3.8) is 0 Å². The van der Waals surface area contributed by atoms with Crippen molar-refractivity contribution in [2.45, 2.75) is 37.1 Å². The van der Waals surface area contributed by atoms with Gasteiger partial charge in [0.1, 0.15) is 5.82 Å². The van der Waals surface area contributed by atoms with Crippen molar-refractivity contribution >= 4 is 5.91 Å². The number of amides is 1. The Labute approximate surface area is 124 Å². The fraction of sp³-hybridized carbons (Fsp3) is 0.588. The van der Waals surface area contributed by atoms with Gasteiger partial charge in [0.2, 0.25) is 5.91 Å². The van der Waals surface area contributed by atoms with Gasteiger partial charge in [-0.05, 0) is 43.6 Å². The summed E-state index contributed by atoms with van der Waals surface area (Å²) in [5, 5.41) is 0. The molecule has 1 amide bonds. The Balaban J connectivity index is 1.56. The summed E-state index contributed by atoms with van der Waals surface area (Å²) in [6.07, 6.45) is 4.01. The molecule has 1 aromatic carbocycles. The number of nitrogens with zero attached hydrogens (tertiary/aromatic N) is 1.